The monoisotopic (exact) mass is 219 g/mol. The molecule has 1 aromatic heterocycles. The molecule has 1 aliphatic carbocycles. The van der Waals surface area contributed by atoms with Gasteiger partial charge in [0.25, 0.3) is 0 Å². The summed E-state index contributed by atoms with van der Waals surface area (Å²) >= 11 is 1.69. The Balaban J connectivity index is 2.14. The average Bonchev–Trinajstić information content (AvgIpc) is 2.61. The number of benzene rings is 1. The van der Waals surface area contributed by atoms with Crippen molar-refractivity contribution in [3.8, 4) is 0 Å². The standard InChI is InChI=1S/C12H13NOS/c1-7-2-3-10-12(13-6-15-10)11(7)8-4-9(14)5-8/h2-3,6,8-9,14H,4-5H2,1H3. The number of aromatic nitrogens is 1. The summed E-state index contributed by atoms with van der Waals surface area (Å²) < 4.78 is 1.26. The second kappa shape index (κ2) is 3.29. The third kappa shape index (κ3) is 1.38. The first-order chi connectivity index (χ1) is 7.25. The van der Waals surface area contributed by atoms with E-state index in [2.05, 4.69) is 24.0 Å². The maximum absolute atomic E-state index is 9.38. The smallest absolute Gasteiger partial charge is 0.0849 e. The molecule has 0 spiro atoms. The number of rotatable bonds is 1. The van der Waals surface area contributed by atoms with Crippen LogP contribution in [0.1, 0.15) is 29.9 Å². The zero-order chi connectivity index (χ0) is 10.4. The van der Waals surface area contributed by atoms with Crippen molar-refractivity contribution in [1.29, 1.82) is 0 Å². The Morgan fingerprint density at radius 3 is 2.93 bits per heavy atom. The lowest BCUT2D eigenvalue weighted by atomic mass is 9.76. The molecule has 0 atom stereocenters. The van der Waals surface area contributed by atoms with Gasteiger partial charge in [0.1, 0.15) is 0 Å². The van der Waals surface area contributed by atoms with Crippen LogP contribution in [0.5, 0.6) is 0 Å². The molecule has 1 N–H and O–H groups in total. The third-order valence-corrected chi connectivity index (χ3v) is 4.08. The molecule has 15 heavy (non-hydrogen) atoms. The summed E-state index contributed by atoms with van der Waals surface area (Å²) in [5.41, 5.74) is 5.73. The van der Waals surface area contributed by atoms with Crippen LogP contribution in [0, 0.1) is 6.92 Å². The molecule has 78 valence electrons. The molecule has 3 rings (SSSR count). The fraction of sp³-hybridized carbons (Fsp3) is 0.417. The Morgan fingerprint density at radius 2 is 2.20 bits per heavy atom. The van der Waals surface area contributed by atoms with E-state index in [0.717, 1.165) is 18.4 Å². The lowest BCUT2D eigenvalue weighted by Gasteiger charge is -2.32. The fourth-order valence-corrected chi connectivity index (χ4v) is 3.08. The number of hydrogen-bond acceptors (Lipinski definition) is 3. The minimum atomic E-state index is -0.0942. The van der Waals surface area contributed by atoms with Crippen molar-refractivity contribution >= 4 is 21.6 Å². The molecule has 1 saturated carbocycles. The van der Waals surface area contributed by atoms with Crippen molar-refractivity contribution in [3.05, 3.63) is 28.8 Å². The van der Waals surface area contributed by atoms with Crippen molar-refractivity contribution in [1.82, 2.24) is 4.98 Å². The predicted octanol–water partition coefficient (Wildman–Crippen LogP) is 2.84. The topological polar surface area (TPSA) is 33.1 Å². The Bertz CT molecular complexity index is 499. The predicted molar refractivity (Wildman–Crippen MR) is 62.3 cm³/mol. The van der Waals surface area contributed by atoms with Crippen LogP contribution >= 0.6 is 11.3 Å². The van der Waals surface area contributed by atoms with Crippen molar-refractivity contribution in [2.45, 2.75) is 31.8 Å². The van der Waals surface area contributed by atoms with Gasteiger partial charge in [-0.15, -0.1) is 11.3 Å². The summed E-state index contributed by atoms with van der Waals surface area (Å²) in [6, 6.07) is 4.31. The van der Waals surface area contributed by atoms with Gasteiger partial charge in [-0.25, -0.2) is 4.98 Å². The summed E-state index contributed by atoms with van der Waals surface area (Å²) in [6.45, 7) is 2.14. The van der Waals surface area contributed by atoms with Crippen LogP contribution < -0.4 is 0 Å². The number of hydrogen-bond donors (Lipinski definition) is 1. The Hall–Kier alpha value is -0.930. The van der Waals surface area contributed by atoms with Crippen LogP contribution in [0.2, 0.25) is 0 Å². The molecule has 3 heteroatoms. The molecule has 0 amide bonds. The quantitative estimate of drug-likeness (QED) is 0.800. The lowest BCUT2D eigenvalue weighted by molar-refractivity contribution is 0.0749. The number of thiazole rings is 1. The van der Waals surface area contributed by atoms with Crippen molar-refractivity contribution in [3.63, 3.8) is 0 Å². The van der Waals surface area contributed by atoms with Gasteiger partial charge in [-0.1, -0.05) is 6.07 Å². The van der Waals surface area contributed by atoms with Gasteiger partial charge in [0.05, 0.1) is 21.8 Å². The molecule has 1 aromatic carbocycles. The van der Waals surface area contributed by atoms with Gasteiger partial charge in [0.2, 0.25) is 0 Å². The van der Waals surface area contributed by atoms with Gasteiger partial charge >= 0.3 is 0 Å². The Labute approximate surface area is 92.6 Å². The number of aliphatic hydroxyl groups excluding tert-OH is 1. The summed E-state index contributed by atoms with van der Waals surface area (Å²) in [5.74, 6) is 0.519. The molecule has 0 radical (unpaired) electrons. The van der Waals surface area contributed by atoms with Gasteiger partial charge in [0.15, 0.2) is 0 Å². The highest BCUT2D eigenvalue weighted by atomic mass is 32.1. The van der Waals surface area contributed by atoms with Gasteiger partial charge in [-0.05, 0) is 42.9 Å². The first-order valence-corrected chi connectivity index (χ1v) is 6.14. The van der Waals surface area contributed by atoms with E-state index in [-0.39, 0.29) is 6.10 Å². The molecule has 2 nitrogen and oxygen atoms in total. The normalized spacial score (nSPS) is 25.5. The van der Waals surface area contributed by atoms with E-state index >= 15 is 0 Å². The summed E-state index contributed by atoms with van der Waals surface area (Å²) in [5, 5.41) is 9.38. The highest BCUT2D eigenvalue weighted by molar-refractivity contribution is 7.16. The molecule has 0 unspecified atom stereocenters. The van der Waals surface area contributed by atoms with Crippen LogP contribution in [0.15, 0.2) is 17.6 Å². The number of nitrogens with zero attached hydrogens (tertiary/aromatic N) is 1. The van der Waals surface area contributed by atoms with E-state index in [1.165, 1.54) is 15.8 Å². The molecule has 0 saturated heterocycles. The highest BCUT2D eigenvalue weighted by Gasteiger charge is 2.31. The molecule has 1 heterocycles. The minimum Gasteiger partial charge on any atom is -0.393 e. The maximum Gasteiger partial charge on any atom is 0.0849 e. The minimum absolute atomic E-state index is 0.0942. The van der Waals surface area contributed by atoms with E-state index in [1.54, 1.807) is 11.3 Å². The van der Waals surface area contributed by atoms with Crippen molar-refractivity contribution < 1.29 is 5.11 Å². The molecule has 0 aliphatic heterocycles. The molecule has 2 aromatic rings. The molecular formula is C12H13NOS. The van der Waals surface area contributed by atoms with E-state index < -0.39 is 0 Å². The number of aliphatic hydroxyl groups is 1. The van der Waals surface area contributed by atoms with Crippen molar-refractivity contribution in [2.24, 2.45) is 0 Å². The van der Waals surface area contributed by atoms with E-state index in [0.29, 0.717) is 5.92 Å². The lowest BCUT2D eigenvalue weighted by Crippen LogP contribution is -2.27. The van der Waals surface area contributed by atoms with E-state index in [4.69, 9.17) is 0 Å². The maximum atomic E-state index is 9.38. The Kier molecular flexibility index (Phi) is 2.04. The van der Waals surface area contributed by atoms with Crippen LogP contribution in [0.4, 0.5) is 0 Å². The second-order valence-electron chi connectivity index (χ2n) is 4.32. The molecule has 0 bridgehead atoms. The van der Waals surface area contributed by atoms with Crippen LogP contribution in [0.25, 0.3) is 10.2 Å². The van der Waals surface area contributed by atoms with Gasteiger partial charge in [-0.3, -0.25) is 0 Å². The molecule has 1 aliphatic rings. The van der Waals surface area contributed by atoms with Crippen LogP contribution in [0.3, 0.4) is 0 Å². The SMILES string of the molecule is Cc1ccc2scnc2c1C1CC(O)C1. The first kappa shape index (κ1) is 9.31. The average molecular weight is 219 g/mol. The third-order valence-electron chi connectivity index (χ3n) is 3.28. The summed E-state index contributed by atoms with van der Waals surface area (Å²) in [7, 11) is 0. The van der Waals surface area contributed by atoms with Gasteiger partial charge in [-0.2, -0.15) is 0 Å². The second-order valence-corrected chi connectivity index (χ2v) is 5.20. The first-order valence-electron chi connectivity index (χ1n) is 5.26. The zero-order valence-electron chi connectivity index (χ0n) is 8.60. The van der Waals surface area contributed by atoms with E-state index in [9.17, 15) is 5.11 Å². The van der Waals surface area contributed by atoms with Gasteiger partial charge < -0.3 is 5.11 Å². The van der Waals surface area contributed by atoms with Crippen molar-refractivity contribution in [2.75, 3.05) is 0 Å². The molecular weight excluding hydrogens is 206 g/mol. The van der Waals surface area contributed by atoms with Crippen LogP contribution in [-0.2, 0) is 0 Å². The molecule has 1 fully saturated rings. The largest absolute Gasteiger partial charge is 0.393 e. The van der Waals surface area contributed by atoms with Crippen LogP contribution in [-0.4, -0.2) is 16.2 Å². The summed E-state index contributed by atoms with van der Waals surface area (Å²) in [6.07, 6.45) is 1.71. The van der Waals surface area contributed by atoms with Gasteiger partial charge in [0, 0.05) is 0 Å². The number of aryl methyl sites for hydroxylation is 1. The Morgan fingerprint density at radius 1 is 1.40 bits per heavy atom. The fourth-order valence-electron chi connectivity index (χ4n) is 2.39. The van der Waals surface area contributed by atoms with E-state index in [1.807, 2.05) is 5.51 Å². The summed E-state index contributed by atoms with van der Waals surface area (Å²) in [4.78, 5) is 4.44. The highest BCUT2D eigenvalue weighted by Crippen LogP contribution is 2.41. The number of fused-ring (bicyclic) bond motifs is 1. The zero-order valence-corrected chi connectivity index (χ0v) is 9.42.